The van der Waals surface area contributed by atoms with E-state index < -0.39 is 0 Å². The Labute approximate surface area is 117 Å². The van der Waals surface area contributed by atoms with Crippen LogP contribution >= 0.6 is 0 Å². The molecular formula is C16H28N2O. The molecule has 19 heavy (non-hydrogen) atoms. The molecule has 0 radical (unpaired) electrons. The molecule has 1 atom stereocenters. The largest absolute Gasteiger partial charge is 0.464 e. The average Bonchev–Trinajstić information content (AvgIpc) is 2.89. The third kappa shape index (κ3) is 4.08. The van der Waals surface area contributed by atoms with Gasteiger partial charge in [0.2, 0.25) is 0 Å². The van der Waals surface area contributed by atoms with E-state index in [9.17, 15) is 0 Å². The molecule has 1 aliphatic heterocycles. The normalized spacial score (nSPS) is 18.9. The second-order valence-electron chi connectivity index (χ2n) is 5.93. The Bertz CT molecular complexity index is 367. The molecule has 0 unspecified atom stereocenters. The first-order chi connectivity index (χ1) is 9.20. The van der Waals surface area contributed by atoms with Crippen molar-refractivity contribution in [1.82, 2.24) is 10.2 Å². The first-order valence-corrected chi connectivity index (χ1v) is 7.74. The Morgan fingerprint density at radius 2 is 1.95 bits per heavy atom. The van der Waals surface area contributed by atoms with E-state index in [2.05, 4.69) is 43.1 Å². The molecule has 0 aliphatic carbocycles. The number of hydrogen-bond donors (Lipinski definition) is 1. The highest BCUT2D eigenvalue weighted by atomic mass is 16.3. The number of aryl methyl sites for hydroxylation is 1. The van der Waals surface area contributed by atoms with Crippen LogP contribution in [0.1, 0.15) is 51.2 Å². The zero-order chi connectivity index (χ0) is 13.7. The molecule has 1 aromatic heterocycles. The van der Waals surface area contributed by atoms with Gasteiger partial charge in [0.25, 0.3) is 0 Å². The number of hydrogen-bond acceptors (Lipinski definition) is 3. The van der Waals surface area contributed by atoms with Crippen molar-refractivity contribution in [3.8, 4) is 0 Å². The van der Waals surface area contributed by atoms with E-state index in [0.29, 0.717) is 6.04 Å². The molecule has 0 saturated carbocycles. The van der Waals surface area contributed by atoms with E-state index in [4.69, 9.17) is 4.42 Å². The van der Waals surface area contributed by atoms with Crippen molar-refractivity contribution in [1.29, 1.82) is 0 Å². The van der Waals surface area contributed by atoms with Gasteiger partial charge in [0.05, 0.1) is 6.04 Å². The molecule has 3 nitrogen and oxygen atoms in total. The molecule has 1 aromatic rings. The second kappa shape index (κ2) is 7.11. The smallest absolute Gasteiger partial charge is 0.121 e. The highest BCUT2D eigenvalue weighted by molar-refractivity contribution is 5.11. The zero-order valence-electron chi connectivity index (χ0n) is 12.6. The molecule has 1 saturated heterocycles. The molecule has 0 spiro atoms. The maximum absolute atomic E-state index is 6.02. The van der Waals surface area contributed by atoms with Gasteiger partial charge in [-0.05, 0) is 30.9 Å². The Kier molecular flexibility index (Phi) is 5.46. The summed E-state index contributed by atoms with van der Waals surface area (Å²) in [6.07, 6.45) is 3.45. The van der Waals surface area contributed by atoms with Crippen LogP contribution < -0.4 is 5.32 Å². The van der Waals surface area contributed by atoms with Crippen LogP contribution in [0.3, 0.4) is 0 Å². The predicted molar refractivity (Wildman–Crippen MR) is 79.3 cm³/mol. The Balaban J connectivity index is 2.07. The Morgan fingerprint density at radius 3 is 2.53 bits per heavy atom. The monoisotopic (exact) mass is 264 g/mol. The maximum atomic E-state index is 6.02. The second-order valence-corrected chi connectivity index (χ2v) is 5.93. The quantitative estimate of drug-likeness (QED) is 0.855. The summed E-state index contributed by atoms with van der Waals surface area (Å²) < 4.78 is 6.02. The lowest BCUT2D eigenvalue weighted by molar-refractivity contribution is 0.140. The summed E-state index contributed by atoms with van der Waals surface area (Å²) in [5, 5.41) is 3.43. The van der Waals surface area contributed by atoms with Crippen molar-refractivity contribution >= 4 is 0 Å². The standard InChI is InChI=1S/C16H28N2O/c1-4-14-6-8-16(19-14)15(7-5-13(2)3)18-11-9-17-10-12-18/h6,8,13,15,17H,4-5,7,9-12H2,1-3H3/t15-/m0/s1. The fourth-order valence-corrected chi connectivity index (χ4v) is 2.75. The van der Waals surface area contributed by atoms with Crippen LogP contribution in [0.25, 0.3) is 0 Å². The topological polar surface area (TPSA) is 28.4 Å². The summed E-state index contributed by atoms with van der Waals surface area (Å²) in [7, 11) is 0. The summed E-state index contributed by atoms with van der Waals surface area (Å²) in [5.41, 5.74) is 0. The first-order valence-electron chi connectivity index (χ1n) is 7.74. The van der Waals surface area contributed by atoms with Gasteiger partial charge in [-0.2, -0.15) is 0 Å². The van der Waals surface area contributed by atoms with Crippen molar-refractivity contribution in [2.24, 2.45) is 5.92 Å². The fraction of sp³-hybridized carbons (Fsp3) is 0.750. The van der Waals surface area contributed by atoms with E-state index in [1.54, 1.807) is 0 Å². The number of piperazine rings is 1. The molecule has 1 aliphatic rings. The van der Waals surface area contributed by atoms with Gasteiger partial charge in [-0.3, -0.25) is 4.90 Å². The molecule has 1 fully saturated rings. The van der Waals surface area contributed by atoms with E-state index in [1.807, 2.05) is 0 Å². The van der Waals surface area contributed by atoms with Gasteiger partial charge in [0, 0.05) is 32.6 Å². The summed E-state index contributed by atoms with van der Waals surface area (Å²) in [5.74, 6) is 3.03. The van der Waals surface area contributed by atoms with Gasteiger partial charge >= 0.3 is 0 Å². The average molecular weight is 264 g/mol. The number of furan rings is 1. The highest BCUT2D eigenvalue weighted by Gasteiger charge is 2.24. The summed E-state index contributed by atoms with van der Waals surface area (Å²) in [6.45, 7) is 11.2. The third-order valence-electron chi connectivity index (χ3n) is 3.97. The number of nitrogens with zero attached hydrogens (tertiary/aromatic N) is 1. The highest BCUT2D eigenvalue weighted by Crippen LogP contribution is 2.29. The summed E-state index contributed by atoms with van der Waals surface area (Å²) >= 11 is 0. The molecule has 0 aromatic carbocycles. The van der Waals surface area contributed by atoms with Gasteiger partial charge in [-0.1, -0.05) is 20.8 Å². The van der Waals surface area contributed by atoms with Crippen LogP contribution in [-0.4, -0.2) is 31.1 Å². The van der Waals surface area contributed by atoms with Crippen molar-refractivity contribution in [3.05, 3.63) is 23.7 Å². The van der Waals surface area contributed by atoms with E-state index in [-0.39, 0.29) is 0 Å². The van der Waals surface area contributed by atoms with Gasteiger partial charge in [-0.25, -0.2) is 0 Å². The zero-order valence-corrected chi connectivity index (χ0v) is 12.6. The van der Waals surface area contributed by atoms with Crippen LogP contribution in [0.4, 0.5) is 0 Å². The Morgan fingerprint density at radius 1 is 1.21 bits per heavy atom. The minimum absolute atomic E-state index is 0.463. The van der Waals surface area contributed by atoms with Crippen LogP contribution in [0, 0.1) is 5.92 Å². The van der Waals surface area contributed by atoms with E-state index in [0.717, 1.165) is 44.3 Å². The van der Waals surface area contributed by atoms with Crippen molar-refractivity contribution in [2.75, 3.05) is 26.2 Å². The molecule has 0 amide bonds. The molecule has 2 heterocycles. The minimum atomic E-state index is 0.463. The lowest BCUT2D eigenvalue weighted by atomic mass is 10.00. The summed E-state index contributed by atoms with van der Waals surface area (Å²) in [4.78, 5) is 2.58. The summed E-state index contributed by atoms with van der Waals surface area (Å²) in [6, 6.07) is 4.79. The number of nitrogens with one attached hydrogen (secondary N) is 1. The van der Waals surface area contributed by atoms with Crippen LogP contribution in [-0.2, 0) is 6.42 Å². The van der Waals surface area contributed by atoms with Gasteiger partial charge in [0.1, 0.15) is 11.5 Å². The molecule has 2 rings (SSSR count). The van der Waals surface area contributed by atoms with Gasteiger partial charge in [0.15, 0.2) is 0 Å². The molecule has 108 valence electrons. The van der Waals surface area contributed by atoms with Crippen LogP contribution in [0.15, 0.2) is 16.5 Å². The van der Waals surface area contributed by atoms with Crippen molar-refractivity contribution < 1.29 is 4.42 Å². The van der Waals surface area contributed by atoms with E-state index >= 15 is 0 Å². The van der Waals surface area contributed by atoms with Crippen molar-refractivity contribution in [2.45, 2.75) is 46.1 Å². The SMILES string of the molecule is CCc1ccc([C@H](CCC(C)C)N2CCNCC2)o1. The minimum Gasteiger partial charge on any atom is -0.464 e. The van der Waals surface area contributed by atoms with Crippen molar-refractivity contribution in [3.63, 3.8) is 0 Å². The molecular weight excluding hydrogens is 236 g/mol. The lowest BCUT2D eigenvalue weighted by Gasteiger charge is -2.34. The molecule has 3 heteroatoms. The molecule has 1 N–H and O–H groups in total. The maximum Gasteiger partial charge on any atom is 0.121 e. The van der Waals surface area contributed by atoms with Crippen LogP contribution in [0.5, 0.6) is 0 Å². The third-order valence-corrected chi connectivity index (χ3v) is 3.97. The number of rotatable bonds is 6. The first kappa shape index (κ1) is 14.6. The van der Waals surface area contributed by atoms with E-state index in [1.165, 1.54) is 18.6 Å². The van der Waals surface area contributed by atoms with Gasteiger partial charge < -0.3 is 9.73 Å². The van der Waals surface area contributed by atoms with Crippen LogP contribution in [0.2, 0.25) is 0 Å². The molecule has 0 bridgehead atoms. The lowest BCUT2D eigenvalue weighted by Crippen LogP contribution is -2.45. The Hall–Kier alpha value is -0.800. The predicted octanol–water partition coefficient (Wildman–Crippen LogP) is 3.22. The fourth-order valence-electron chi connectivity index (χ4n) is 2.75. The van der Waals surface area contributed by atoms with Gasteiger partial charge in [-0.15, -0.1) is 0 Å².